The zero-order valence-corrected chi connectivity index (χ0v) is 15.6. The number of benzene rings is 2. The van der Waals surface area contributed by atoms with Crippen LogP contribution in [-0.2, 0) is 9.53 Å². The zero-order valence-electron chi connectivity index (χ0n) is 14.7. The summed E-state index contributed by atoms with van der Waals surface area (Å²) in [6, 6.07) is 10.9. The van der Waals surface area contributed by atoms with E-state index >= 15 is 0 Å². The number of hydrogen-bond donors (Lipinski definition) is 1. The minimum atomic E-state index is -0.497. The normalized spacial score (nSPS) is 10.9. The molecule has 9 heteroatoms. The summed E-state index contributed by atoms with van der Waals surface area (Å²) in [6.45, 7) is 2.02. The lowest BCUT2D eigenvalue weighted by atomic mass is 10.2. The van der Waals surface area contributed by atoms with Gasteiger partial charge in [-0.05, 0) is 36.8 Å². The van der Waals surface area contributed by atoms with Crippen LogP contribution in [0.1, 0.15) is 22.8 Å². The van der Waals surface area contributed by atoms with Gasteiger partial charge in [0.25, 0.3) is 5.69 Å². The average Bonchev–Trinajstić information content (AvgIpc) is 3.08. The predicted octanol–water partition coefficient (Wildman–Crippen LogP) is 4.03. The molecule has 3 aromatic rings. The number of anilines is 1. The van der Waals surface area contributed by atoms with E-state index in [4.69, 9.17) is 4.74 Å². The van der Waals surface area contributed by atoms with Crippen molar-refractivity contribution in [3.05, 3.63) is 69.8 Å². The Kier molecular flexibility index (Phi) is 5.75. The first-order valence-electron chi connectivity index (χ1n) is 8.27. The molecule has 0 fully saturated rings. The fourth-order valence-electron chi connectivity index (χ4n) is 2.38. The molecular weight excluding hydrogens is 382 g/mol. The summed E-state index contributed by atoms with van der Waals surface area (Å²) >= 11 is 1.23. The number of nitro groups is 1. The van der Waals surface area contributed by atoms with Gasteiger partial charge >= 0.3 is 5.97 Å². The summed E-state index contributed by atoms with van der Waals surface area (Å²) in [6.07, 6.45) is 2.75. The maximum atomic E-state index is 12.1. The molecule has 0 radical (unpaired) electrons. The molecule has 8 nitrogen and oxygen atoms in total. The van der Waals surface area contributed by atoms with E-state index in [1.165, 1.54) is 35.6 Å². The summed E-state index contributed by atoms with van der Waals surface area (Å²) in [5, 5.41) is 13.8. The Balaban J connectivity index is 1.71. The van der Waals surface area contributed by atoms with Gasteiger partial charge in [-0.2, -0.15) is 0 Å². The molecule has 0 unspecified atom stereocenters. The molecule has 142 valence electrons. The molecular formula is C19H15N3O5S. The van der Waals surface area contributed by atoms with Gasteiger partial charge in [0.15, 0.2) is 5.13 Å². The number of carbonyl (C=O) groups is 2. The third kappa shape index (κ3) is 4.57. The molecule has 1 heterocycles. The van der Waals surface area contributed by atoms with E-state index in [0.29, 0.717) is 21.8 Å². The lowest BCUT2D eigenvalue weighted by Crippen LogP contribution is -2.07. The van der Waals surface area contributed by atoms with E-state index in [9.17, 15) is 19.7 Å². The molecule has 0 bridgehead atoms. The van der Waals surface area contributed by atoms with Crippen molar-refractivity contribution < 1.29 is 19.2 Å². The van der Waals surface area contributed by atoms with Crippen LogP contribution in [0.25, 0.3) is 16.3 Å². The molecule has 1 aromatic heterocycles. The predicted molar refractivity (Wildman–Crippen MR) is 106 cm³/mol. The van der Waals surface area contributed by atoms with Crippen molar-refractivity contribution in [2.24, 2.45) is 0 Å². The maximum absolute atomic E-state index is 12.1. The van der Waals surface area contributed by atoms with Crippen molar-refractivity contribution in [1.29, 1.82) is 0 Å². The van der Waals surface area contributed by atoms with Crippen molar-refractivity contribution in [3.63, 3.8) is 0 Å². The SMILES string of the molecule is CCOC(=O)c1ccc2nc(NC(=O)/C=C/c3cccc([N+](=O)[O-])c3)sc2c1. The molecule has 28 heavy (non-hydrogen) atoms. The number of esters is 1. The average molecular weight is 397 g/mol. The van der Waals surface area contributed by atoms with Crippen LogP contribution in [0, 0.1) is 10.1 Å². The number of hydrogen-bond acceptors (Lipinski definition) is 7. The fraction of sp³-hybridized carbons (Fsp3) is 0.105. The number of aromatic nitrogens is 1. The minimum Gasteiger partial charge on any atom is -0.462 e. The van der Waals surface area contributed by atoms with E-state index in [0.717, 1.165) is 4.70 Å². The van der Waals surface area contributed by atoms with E-state index in [2.05, 4.69) is 10.3 Å². The molecule has 0 saturated carbocycles. The van der Waals surface area contributed by atoms with Crippen LogP contribution in [0.15, 0.2) is 48.5 Å². The summed E-state index contributed by atoms with van der Waals surface area (Å²) in [5.41, 5.74) is 1.55. The van der Waals surface area contributed by atoms with Crippen molar-refractivity contribution >= 4 is 50.3 Å². The van der Waals surface area contributed by atoms with Gasteiger partial charge in [0.1, 0.15) is 0 Å². The Morgan fingerprint density at radius 3 is 2.86 bits per heavy atom. The van der Waals surface area contributed by atoms with Crippen LogP contribution >= 0.6 is 11.3 Å². The number of nitrogens with one attached hydrogen (secondary N) is 1. The fourth-order valence-corrected chi connectivity index (χ4v) is 3.29. The number of carbonyl (C=O) groups excluding carboxylic acids is 2. The molecule has 0 spiro atoms. The Morgan fingerprint density at radius 2 is 2.11 bits per heavy atom. The van der Waals surface area contributed by atoms with Crippen LogP contribution < -0.4 is 5.32 Å². The Bertz CT molecular complexity index is 1090. The van der Waals surface area contributed by atoms with Crippen LogP contribution in [0.4, 0.5) is 10.8 Å². The van der Waals surface area contributed by atoms with Gasteiger partial charge in [0.05, 0.1) is 27.3 Å². The van der Waals surface area contributed by atoms with Gasteiger partial charge in [-0.3, -0.25) is 20.2 Å². The van der Waals surface area contributed by atoms with Gasteiger partial charge in [0.2, 0.25) is 5.91 Å². The second kappa shape index (κ2) is 8.40. The maximum Gasteiger partial charge on any atom is 0.338 e. The highest BCUT2D eigenvalue weighted by Crippen LogP contribution is 2.27. The molecule has 2 aromatic carbocycles. The Morgan fingerprint density at radius 1 is 1.29 bits per heavy atom. The quantitative estimate of drug-likeness (QED) is 0.291. The number of nitro benzene ring substituents is 1. The Hall–Kier alpha value is -3.59. The van der Waals surface area contributed by atoms with Gasteiger partial charge in [0, 0.05) is 18.2 Å². The van der Waals surface area contributed by atoms with Gasteiger partial charge in [-0.25, -0.2) is 9.78 Å². The van der Waals surface area contributed by atoms with Crippen LogP contribution in [-0.4, -0.2) is 28.4 Å². The molecule has 0 aliphatic carbocycles. The van der Waals surface area contributed by atoms with Crippen molar-refractivity contribution in [2.45, 2.75) is 6.92 Å². The highest BCUT2D eigenvalue weighted by Gasteiger charge is 2.11. The number of amides is 1. The number of nitrogens with zero attached hydrogens (tertiary/aromatic N) is 2. The van der Waals surface area contributed by atoms with Crippen molar-refractivity contribution in [2.75, 3.05) is 11.9 Å². The minimum absolute atomic E-state index is 0.0499. The summed E-state index contributed by atoms with van der Waals surface area (Å²) in [4.78, 5) is 38.5. The summed E-state index contributed by atoms with van der Waals surface area (Å²) in [5.74, 6) is -0.834. The molecule has 0 aliphatic rings. The first-order valence-corrected chi connectivity index (χ1v) is 9.09. The molecule has 0 saturated heterocycles. The first kappa shape index (κ1) is 19.2. The van der Waals surface area contributed by atoms with Crippen molar-refractivity contribution in [3.8, 4) is 0 Å². The second-order valence-electron chi connectivity index (χ2n) is 5.60. The topological polar surface area (TPSA) is 111 Å². The van der Waals surface area contributed by atoms with Crippen molar-refractivity contribution in [1.82, 2.24) is 4.98 Å². The zero-order chi connectivity index (χ0) is 20.1. The number of fused-ring (bicyclic) bond motifs is 1. The standard InChI is InChI=1S/C19H15N3O5S/c1-2-27-18(24)13-7-8-15-16(11-13)28-19(20-15)21-17(23)9-6-12-4-3-5-14(10-12)22(25)26/h3-11H,2H2,1H3,(H,20,21,23)/b9-6+. The molecule has 1 amide bonds. The van der Waals surface area contributed by atoms with Gasteiger partial charge < -0.3 is 4.74 Å². The highest BCUT2D eigenvalue weighted by atomic mass is 32.1. The molecule has 1 N–H and O–H groups in total. The largest absolute Gasteiger partial charge is 0.462 e. The van der Waals surface area contributed by atoms with E-state index in [1.807, 2.05) is 0 Å². The molecule has 0 atom stereocenters. The van der Waals surface area contributed by atoms with Crippen LogP contribution in [0.2, 0.25) is 0 Å². The van der Waals surface area contributed by atoms with Gasteiger partial charge in [-0.1, -0.05) is 23.5 Å². The third-order valence-corrected chi connectivity index (χ3v) is 4.57. The molecule has 0 aliphatic heterocycles. The van der Waals surface area contributed by atoms with E-state index in [-0.39, 0.29) is 12.3 Å². The smallest absolute Gasteiger partial charge is 0.338 e. The van der Waals surface area contributed by atoms with E-state index in [1.54, 1.807) is 37.3 Å². The first-order chi connectivity index (χ1) is 13.5. The highest BCUT2D eigenvalue weighted by molar-refractivity contribution is 7.22. The monoisotopic (exact) mass is 397 g/mol. The van der Waals surface area contributed by atoms with Crippen LogP contribution in [0.3, 0.4) is 0 Å². The summed E-state index contributed by atoms with van der Waals surface area (Å²) < 4.78 is 5.71. The lowest BCUT2D eigenvalue weighted by Gasteiger charge is -2.00. The number of rotatable bonds is 6. The number of non-ortho nitro benzene ring substituents is 1. The van der Waals surface area contributed by atoms with E-state index < -0.39 is 16.8 Å². The van der Waals surface area contributed by atoms with Crippen LogP contribution in [0.5, 0.6) is 0 Å². The Labute approximate surface area is 163 Å². The molecule has 3 rings (SSSR count). The second-order valence-corrected chi connectivity index (χ2v) is 6.63. The summed E-state index contributed by atoms with van der Waals surface area (Å²) in [7, 11) is 0. The third-order valence-electron chi connectivity index (χ3n) is 3.64. The van der Waals surface area contributed by atoms with Gasteiger partial charge in [-0.15, -0.1) is 0 Å². The number of thiazole rings is 1. The lowest BCUT2D eigenvalue weighted by molar-refractivity contribution is -0.384. The number of ether oxygens (including phenoxy) is 1.